The lowest BCUT2D eigenvalue weighted by atomic mass is 9.99. The van der Waals surface area contributed by atoms with E-state index in [9.17, 15) is 45.6 Å². The van der Waals surface area contributed by atoms with Crippen LogP contribution in [-0.4, -0.2) is 78.2 Å². The molecule has 0 amide bonds. The van der Waals surface area contributed by atoms with E-state index in [1.165, 1.54) is 24.3 Å². The van der Waals surface area contributed by atoms with Crippen LogP contribution < -0.4 is 10.2 Å². The Balaban J connectivity index is 1.81. The van der Waals surface area contributed by atoms with Gasteiger partial charge in [0.15, 0.2) is 17.1 Å². The van der Waals surface area contributed by atoms with Gasteiger partial charge >= 0.3 is 0 Å². The largest absolute Gasteiger partial charge is 0.508 e. The Kier molecular flexibility index (Phi) is 5.78. The summed E-state index contributed by atoms with van der Waals surface area (Å²) >= 11 is 0. The number of benzene rings is 2. The quantitative estimate of drug-likeness (QED) is 0.229. The molecule has 0 bridgehead atoms. The van der Waals surface area contributed by atoms with Crippen molar-refractivity contribution in [1.82, 2.24) is 0 Å². The third-order valence-corrected chi connectivity index (χ3v) is 5.28. The summed E-state index contributed by atoms with van der Waals surface area (Å²) in [5.41, 5.74) is -1.46. The van der Waals surface area contributed by atoms with E-state index in [2.05, 4.69) is 0 Å². The molecule has 4 rings (SSSR count). The monoisotopic (exact) mass is 464 g/mol. The molecule has 5 atom stereocenters. The molecule has 3 aromatic rings. The molecule has 2 aromatic carbocycles. The van der Waals surface area contributed by atoms with E-state index < -0.39 is 76.7 Å². The third kappa shape index (κ3) is 3.79. The van der Waals surface area contributed by atoms with Crippen molar-refractivity contribution in [2.45, 2.75) is 30.7 Å². The van der Waals surface area contributed by atoms with Crippen LogP contribution in [-0.2, 0) is 4.74 Å². The number of hydrogen-bond acceptors (Lipinski definition) is 12. The number of fused-ring (bicyclic) bond motifs is 1. The minimum atomic E-state index is -1.81. The zero-order chi connectivity index (χ0) is 24.0. The minimum Gasteiger partial charge on any atom is -0.508 e. The smallest absolute Gasteiger partial charge is 0.238 e. The molecule has 12 heteroatoms. The molecule has 176 valence electrons. The topological polar surface area (TPSA) is 211 Å². The fourth-order valence-corrected chi connectivity index (χ4v) is 3.49. The van der Waals surface area contributed by atoms with Crippen molar-refractivity contribution in [3.8, 4) is 40.1 Å². The summed E-state index contributed by atoms with van der Waals surface area (Å²) in [6, 6.07) is 6.02. The summed E-state index contributed by atoms with van der Waals surface area (Å²) in [5, 5.41) is 79.4. The Morgan fingerprint density at radius 2 is 1.58 bits per heavy atom. The summed E-state index contributed by atoms with van der Waals surface area (Å²) in [6.07, 6.45) is -8.19. The fraction of sp³-hybridized carbons (Fsp3) is 0.286. The lowest BCUT2D eigenvalue weighted by Gasteiger charge is -2.39. The molecule has 1 aliphatic heterocycles. The molecule has 12 nitrogen and oxygen atoms in total. The van der Waals surface area contributed by atoms with Crippen LogP contribution in [0.15, 0.2) is 39.5 Å². The van der Waals surface area contributed by atoms with Crippen LogP contribution in [0.3, 0.4) is 0 Å². The van der Waals surface area contributed by atoms with Gasteiger partial charge in [-0.05, 0) is 24.3 Å². The molecule has 1 fully saturated rings. The summed E-state index contributed by atoms with van der Waals surface area (Å²) in [5.74, 6) is -3.40. The number of rotatable bonds is 4. The average Bonchev–Trinajstić information content (AvgIpc) is 2.79. The van der Waals surface area contributed by atoms with Gasteiger partial charge in [-0.15, -0.1) is 0 Å². The van der Waals surface area contributed by atoms with Crippen LogP contribution in [0.25, 0.3) is 22.3 Å². The van der Waals surface area contributed by atoms with E-state index in [1.54, 1.807) is 0 Å². The number of aliphatic hydroxyl groups is 4. The highest BCUT2D eigenvalue weighted by Gasteiger charge is 2.45. The lowest BCUT2D eigenvalue weighted by molar-refractivity contribution is -0.277. The van der Waals surface area contributed by atoms with E-state index in [4.69, 9.17) is 13.9 Å². The molecule has 1 aromatic heterocycles. The van der Waals surface area contributed by atoms with Gasteiger partial charge < -0.3 is 54.7 Å². The lowest BCUT2D eigenvalue weighted by Crippen LogP contribution is -2.60. The fourth-order valence-electron chi connectivity index (χ4n) is 3.49. The first-order valence-electron chi connectivity index (χ1n) is 9.65. The molecule has 1 aliphatic rings. The number of aromatic hydroxyl groups is 4. The number of aliphatic hydroxyl groups excluding tert-OH is 4. The van der Waals surface area contributed by atoms with Crippen molar-refractivity contribution in [2.24, 2.45) is 0 Å². The highest BCUT2D eigenvalue weighted by atomic mass is 16.7. The van der Waals surface area contributed by atoms with Gasteiger partial charge in [0, 0.05) is 11.6 Å². The van der Waals surface area contributed by atoms with Gasteiger partial charge in [0.2, 0.25) is 23.2 Å². The van der Waals surface area contributed by atoms with Gasteiger partial charge in [0.25, 0.3) is 0 Å². The predicted octanol–water partition coefficient (Wildman–Crippen LogP) is -0.539. The number of phenolic OH excluding ortho intramolecular Hbond substituents is 3. The normalized spacial score (nSPS) is 25.3. The second kappa shape index (κ2) is 8.42. The predicted molar refractivity (Wildman–Crippen MR) is 109 cm³/mol. The summed E-state index contributed by atoms with van der Waals surface area (Å²) in [7, 11) is 0. The molecular formula is C21H20O12. The summed E-state index contributed by atoms with van der Waals surface area (Å²) < 4.78 is 16.0. The zero-order valence-corrected chi connectivity index (χ0v) is 16.7. The van der Waals surface area contributed by atoms with E-state index in [0.29, 0.717) is 0 Å². The maximum Gasteiger partial charge on any atom is 0.238 e. The molecule has 0 spiro atoms. The van der Waals surface area contributed by atoms with Crippen LogP contribution in [0, 0.1) is 0 Å². The first-order valence-corrected chi connectivity index (χ1v) is 9.65. The average molecular weight is 464 g/mol. The Morgan fingerprint density at radius 3 is 2.21 bits per heavy atom. The van der Waals surface area contributed by atoms with Crippen LogP contribution in [0.2, 0.25) is 0 Å². The molecule has 0 saturated carbocycles. The molecular weight excluding hydrogens is 444 g/mol. The van der Waals surface area contributed by atoms with Crippen molar-refractivity contribution >= 4 is 11.0 Å². The van der Waals surface area contributed by atoms with Crippen molar-refractivity contribution in [3.63, 3.8) is 0 Å². The van der Waals surface area contributed by atoms with Crippen molar-refractivity contribution in [2.75, 3.05) is 6.61 Å². The van der Waals surface area contributed by atoms with Gasteiger partial charge in [-0.2, -0.15) is 0 Å². The van der Waals surface area contributed by atoms with Gasteiger partial charge in [-0.25, -0.2) is 0 Å². The molecule has 0 radical (unpaired) electrons. The SMILES string of the molecule is O=c1c(O)c(-c2ccc(O)cc2)oc2c(O)c(O[C@@H]3O[C@H](CO)[C@@H](O)[C@H](O)[C@H]3O)cc(O)c12. The highest BCUT2D eigenvalue weighted by molar-refractivity contribution is 5.93. The first kappa shape index (κ1) is 22.6. The Hall–Kier alpha value is -3.55. The van der Waals surface area contributed by atoms with Crippen LogP contribution >= 0.6 is 0 Å². The summed E-state index contributed by atoms with van der Waals surface area (Å²) in [6.45, 7) is -0.718. The minimum absolute atomic E-state index is 0.0860. The molecule has 8 N–H and O–H groups in total. The van der Waals surface area contributed by atoms with E-state index in [1.807, 2.05) is 0 Å². The molecule has 1 saturated heterocycles. The van der Waals surface area contributed by atoms with E-state index >= 15 is 0 Å². The van der Waals surface area contributed by atoms with Gasteiger partial charge in [-0.3, -0.25) is 4.79 Å². The Morgan fingerprint density at radius 1 is 0.909 bits per heavy atom. The number of hydrogen-bond donors (Lipinski definition) is 8. The van der Waals surface area contributed by atoms with Gasteiger partial charge in [0.05, 0.1) is 6.61 Å². The van der Waals surface area contributed by atoms with Crippen LogP contribution in [0.1, 0.15) is 0 Å². The van der Waals surface area contributed by atoms with Crippen LogP contribution in [0.5, 0.6) is 28.7 Å². The summed E-state index contributed by atoms with van der Waals surface area (Å²) in [4.78, 5) is 12.7. The molecule has 33 heavy (non-hydrogen) atoms. The third-order valence-electron chi connectivity index (χ3n) is 5.28. The molecule has 2 heterocycles. The number of phenols is 3. The van der Waals surface area contributed by atoms with E-state index in [0.717, 1.165) is 6.07 Å². The highest BCUT2D eigenvalue weighted by Crippen LogP contribution is 2.43. The van der Waals surface area contributed by atoms with Crippen molar-refractivity contribution < 1.29 is 54.7 Å². The maximum absolute atomic E-state index is 12.7. The number of ether oxygens (including phenoxy) is 2. The van der Waals surface area contributed by atoms with Crippen molar-refractivity contribution in [1.29, 1.82) is 0 Å². The van der Waals surface area contributed by atoms with Crippen LogP contribution in [0.4, 0.5) is 0 Å². The maximum atomic E-state index is 12.7. The molecule has 0 aliphatic carbocycles. The first-order chi connectivity index (χ1) is 15.6. The van der Waals surface area contributed by atoms with E-state index in [-0.39, 0.29) is 17.1 Å². The zero-order valence-electron chi connectivity index (χ0n) is 16.7. The second-order valence-corrected chi connectivity index (χ2v) is 7.42. The second-order valence-electron chi connectivity index (χ2n) is 7.42. The Labute approximate surface area is 184 Å². The molecule has 0 unspecified atom stereocenters. The van der Waals surface area contributed by atoms with Gasteiger partial charge in [-0.1, -0.05) is 0 Å². The van der Waals surface area contributed by atoms with Crippen molar-refractivity contribution in [3.05, 3.63) is 40.6 Å². The standard InChI is InChI=1S/C21H20O12/c22-6-11-13(25)16(28)18(30)21(32-11)31-10-5-9(24)12-15(27)17(29)19(33-20(12)14(10)26)7-1-3-8(23)4-2-7/h1-5,11,13,16,18,21-26,28-30H,6H2/t11-,13-,16+,18-,21-/m1/s1. The van der Waals surface area contributed by atoms with Gasteiger partial charge in [0.1, 0.15) is 41.3 Å². The Bertz CT molecular complexity index is 1230.